The summed E-state index contributed by atoms with van der Waals surface area (Å²) in [5.74, 6) is 0.864. The van der Waals surface area contributed by atoms with Crippen molar-refractivity contribution in [2.75, 3.05) is 11.5 Å². The minimum atomic E-state index is -2.19. The molecular weight excluding hydrogens is 254 g/mol. The molecule has 0 atom stereocenters. The Morgan fingerprint density at radius 3 is 2.23 bits per heavy atom. The van der Waals surface area contributed by atoms with Crippen LogP contribution in [0.3, 0.4) is 0 Å². The van der Waals surface area contributed by atoms with Crippen LogP contribution in [0.2, 0.25) is 0 Å². The van der Waals surface area contributed by atoms with Crippen LogP contribution in [0, 0.1) is 0 Å². The van der Waals surface area contributed by atoms with E-state index in [0.29, 0.717) is 11.5 Å². The van der Waals surface area contributed by atoms with Crippen LogP contribution in [0.5, 0.6) is 0 Å². The van der Waals surface area contributed by atoms with E-state index < -0.39 is 14.1 Å². The molecule has 0 saturated carbocycles. The second-order valence-electron chi connectivity index (χ2n) is 3.76. The fraction of sp³-hybridized carbons (Fsp3) is 0.875. The van der Waals surface area contributed by atoms with E-state index in [9.17, 15) is 9.00 Å². The van der Waals surface area contributed by atoms with Gasteiger partial charge in [0.05, 0.1) is 9.73 Å². The van der Waals surface area contributed by atoms with Gasteiger partial charge in [-0.15, -0.1) is 0 Å². The highest BCUT2D eigenvalue weighted by Crippen LogP contribution is 2.21. The zero-order valence-corrected chi connectivity index (χ0v) is 10.3. The Morgan fingerprint density at radius 2 is 1.85 bits per heavy atom. The second-order valence-corrected chi connectivity index (χ2v) is 8.28. The number of carbonyl (C=O) groups is 1. The smallest absolute Gasteiger partial charge is 0.270 e. The molecule has 1 heterocycles. The van der Waals surface area contributed by atoms with E-state index in [2.05, 4.69) is 20.3 Å². The van der Waals surface area contributed by atoms with E-state index >= 15 is 0 Å². The molecule has 1 saturated heterocycles. The van der Waals surface area contributed by atoms with Crippen molar-refractivity contribution < 1.29 is 9.00 Å². The fourth-order valence-electron chi connectivity index (χ4n) is 1.11. The van der Waals surface area contributed by atoms with E-state index in [1.807, 2.05) is 0 Å². The fourth-order valence-corrected chi connectivity index (χ4v) is 3.54. The molecule has 1 amide bonds. The molecular formula is C8H14BrNO2S. The van der Waals surface area contributed by atoms with E-state index in [1.54, 1.807) is 13.8 Å². The molecule has 1 fully saturated rings. The lowest BCUT2D eigenvalue weighted by Gasteiger charge is -2.10. The van der Waals surface area contributed by atoms with Crippen LogP contribution in [0.15, 0.2) is 4.36 Å². The lowest BCUT2D eigenvalue weighted by Crippen LogP contribution is -2.23. The van der Waals surface area contributed by atoms with Crippen LogP contribution in [0.25, 0.3) is 0 Å². The number of amides is 1. The van der Waals surface area contributed by atoms with Crippen LogP contribution in [0.4, 0.5) is 0 Å². The van der Waals surface area contributed by atoms with Gasteiger partial charge in [-0.2, -0.15) is 4.36 Å². The Balaban J connectivity index is 2.88. The highest BCUT2D eigenvalue weighted by Gasteiger charge is 2.26. The molecule has 0 bridgehead atoms. The van der Waals surface area contributed by atoms with Gasteiger partial charge in [0.15, 0.2) is 0 Å². The molecule has 0 aromatic heterocycles. The van der Waals surface area contributed by atoms with Gasteiger partial charge < -0.3 is 0 Å². The lowest BCUT2D eigenvalue weighted by atomic mass is 10.2. The number of rotatable bonds is 1. The average molecular weight is 268 g/mol. The summed E-state index contributed by atoms with van der Waals surface area (Å²) >= 11 is 3.21. The predicted octanol–water partition coefficient (Wildman–Crippen LogP) is 1.95. The molecule has 5 heteroatoms. The molecule has 1 aliphatic rings. The third kappa shape index (κ3) is 3.06. The van der Waals surface area contributed by atoms with E-state index in [1.165, 1.54) is 0 Å². The third-order valence-corrected chi connectivity index (χ3v) is 4.63. The Kier molecular flexibility index (Phi) is 3.17. The molecule has 0 spiro atoms. The summed E-state index contributed by atoms with van der Waals surface area (Å²) in [7, 11) is -2.19. The zero-order valence-electron chi connectivity index (χ0n) is 7.88. The van der Waals surface area contributed by atoms with Crippen LogP contribution in [-0.4, -0.2) is 25.9 Å². The van der Waals surface area contributed by atoms with E-state index in [4.69, 9.17) is 0 Å². The Morgan fingerprint density at radius 1 is 1.38 bits per heavy atom. The molecule has 0 aromatic carbocycles. The van der Waals surface area contributed by atoms with Crippen molar-refractivity contribution in [1.29, 1.82) is 0 Å². The SMILES string of the molecule is CC(C)(Br)C(=O)N=S1(=O)CCCC1. The number of alkyl halides is 1. The van der Waals surface area contributed by atoms with Crippen molar-refractivity contribution >= 4 is 31.6 Å². The molecule has 76 valence electrons. The van der Waals surface area contributed by atoms with Gasteiger partial charge >= 0.3 is 0 Å². The highest BCUT2D eigenvalue weighted by atomic mass is 79.9. The monoisotopic (exact) mass is 267 g/mol. The number of hydrogen-bond acceptors (Lipinski definition) is 2. The van der Waals surface area contributed by atoms with Gasteiger partial charge in [0.2, 0.25) is 0 Å². The van der Waals surface area contributed by atoms with Gasteiger partial charge in [-0.3, -0.25) is 4.79 Å². The first-order valence-corrected chi connectivity index (χ1v) is 6.94. The summed E-state index contributed by atoms with van der Waals surface area (Å²) in [5.41, 5.74) is 0. The Bertz CT molecular complexity index is 312. The van der Waals surface area contributed by atoms with Gasteiger partial charge in [0, 0.05) is 11.5 Å². The minimum absolute atomic E-state index is 0.306. The molecule has 13 heavy (non-hydrogen) atoms. The molecule has 0 aromatic rings. The van der Waals surface area contributed by atoms with Crippen LogP contribution >= 0.6 is 15.9 Å². The standard InChI is InChI=1S/C8H14BrNO2S/c1-8(2,9)7(11)10-13(12)5-3-4-6-13/h3-6H2,1-2H3. The first kappa shape index (κ1) is 11.2. The average Bonchev–Trinajstić information content (AvgIpc) is 2.33. The number of hydrogen-bond donors (Lipinski definition) is 0. The van der Waals surface area contributed by atoms with E-state index in [-0.39, 0.29) is 5.91 Å². The van der Waals surface area contributed by atoms with Crippen molar-refractivity contribution in [1.82, 2.24) is 0 Å². The lowest BCUT2D eigenvalue weighted by molar-refractivity contribution is -0.118. The summed E-state index contributed by atoms with van der Waals surface area (Å²) in [6, 6.07) is 0. The highest BCUT2D eigenvalue weighted by molar-refractivity contribution is 9.10. The zero-order chi connectivity index (χ0) is 10.1. The molecule has 0 radical (unpaired) electrons. The van der Waals surface area contributed by atoms with Crippen LogP contribution in [-0.2, 0) is 14.5 Å². The van der Waals surface area contributed by atoms with Gasteiger partial charge in [0.25, 0.3) is 5.91 Å². The Hall–Kier alpha value is 0.1000. The molecule has 1 rings (SSSR count). The van der Waals surface area contributed by atoms with Crippen molar-refractivity contribution in [3.63, 3.8) is 0 Å². The van der Waals surface area contributed by atoms with Crippen molar-refractivity contribution in [2.24, 2.45) is 4.36 Å². The maximum atomic E-state index is 11.8. The topological polar surface area (TPSA) is 46.5 Å². The minimum Gasteiger partial charge on any atom is -0.270 e. The maximum Gasteiger partial charge on any atom is 0.270 e. The first-order chi connectivity index (χ1) is 5.83. The molecule has 3 nitrogen and oxygen atoms in total. The molecule has 0 unspecified atom stereocenters. The summed E-state index contributed by atoms with van der Waals surface area (Å²) in [5, 5.41) is 0. The van der Waals surface area contributed by atoms with Gasteiger partial charge in [-0.05, 0) is 26.7 Å². The predicted molar refractivity (Wildman–Crippen MR) is 57.6 cm³/mol. The normalized spacial score (nSPS) is 21.5. The Labute approximate surface area is 87.6 Å². The quantitative estimate of drug-likeness (QED) is 0.682. The van der Waals surface area contributed by atoms with Crippen LogP contribution in [0.1, 0.15) is 26.7 Å². The molecule has 1 aliphatic heterocycles. The maximum absolute atomic E-state index is 11.8. The summed E-state index contributed by atoms with van der Waals surface area (Å²) in [6.07, 6.45) is 1.86. The van der Waals surface area contributed by atoms with Crippen molar-refractivity contribution in [2.45, 2.75) is 31.0 Å². The number of halogens is 1. The summed E-state index contributed by atoms with van der Waals surface area (Å²) < 4.78 is 15.0. The molecule has 0 N–H and O–H groups in total. The van der Waals surface area contributed by atoms with Gasteiger partial charge in [0.1, 0.15) is 4.32 Å². The molecule has 0 aliphatic carbocycles. The van der Waals surface area contributed by atoms with Crippen LogP contribution < -0.4 is 0 Å². The number of carbonyl (C=O) groups excluding carboxylic acids is 1. The van der Waals surface area contributed by atoms with Gasteiger partial charge in [-0.1, -0.05) is 15.9 Å². The second kappa shape index (κ2) is 3.69. The van der Waals surface area contributed by atoms with Gasteiger partial charge in [-0.25, -0.2) is 4.21 Å². The summed E-state index contributed by atoms with van der Waals surface area (Å²) in [4.78, 5) is 11.4. The van der Waals surface area contributed by atoms with Crippen molar-refractivity contribution in [3.05, 3.63) is 0 Å². The van der Waals surface area contributed by atoms with E-state index in [0.717, 1.165) is 12.8 Å². The first-order valence-electron chi connectivity index (χ1n) is 4.29. The third-order valence-electron chi connectivity index (χ3n) is 1.93. The summed E-state index contributed by atoms with van der Waals surface area (Å²) in [6.45, 7) is 3.44. The van der Waals surface area contributed by atoms with Crippen molar-refractivity contribution in [3.8, 4) is 0 Å². The number of nitrogens with zero attached hydrogens (tertiary/aromatic N) is 1. The largest absolute Gasteiger partial charge is 0.270 e.